The molecule has 0 aliphatic carbocycles. The van der Waals surface area contributed by atoms with E-state index in [0.29, 0.717) is 12.2 Å². The molecule has 0 unspecified atom stereocenters. The molecule has 1 aliphatic rings. The molecule has 23 heavy (non-hydrogen) atoms. The van der Waals surface area contributed by atoms with Crippen LogP contribution in [0.5, 0.6) is 0 Å². The van der Waals surface area contributed by atoms with Crippen molar-refractivity contribution in [2.24, 2.45) is 0 Å². The van der Waals surface area contributed by atoms with E-state index in [1.807, 2.05) is 0 Å². The third-order valence-corrected chi connectivity index (χ3v) is 4.54. The summed E-state index contributed by atoms with van der Waals surface area (Å²) in [5.74, 6) is 0. The van der Waals surface area contributed by atoms with Crippen LogP contribution in [-0.2, 0) is 17.6 Å². The lowest BCUT2D eigenvalue weighted by molar-refractivity contribution is -0.00521. The highest BCUT2D eigenvalue weighted by Gasteiger charge is 2.22. The molecule has 1 heterocycles. The van der Waals surface area contributed by atoms with Gasteiger partial charge in [-0.25, -0.2) is 0 Å². The Morgan fingerprint density at radius 1 is 0.826 bits per heavy atom. The van der Waals surface area contributed by atoms with Gasteiger partial charge in [-0.3, -0.25) is 0 Å². The first-order valence-electron chi connectivity index (χ1n) is 8.65. The standard InChI is InChI=1S/C21H27NO/c1-16-4-6-19(7-5-16)8-9-20-10-12-21(13-11-20)22-14-17(2)23-18(3)15-22/h4-7,10-13,17-18H,8-9,14-15H2,1-3H3/t17-,18+. The zero-order chi connectivity index (χ0) is 16.2. The molecule has 0 spiro atoms. The molecule has 1 saturated heterocycles. The number of anilines is 1. The van der Waals surface area contributed by atoms with Gasteiger partial charge in [0.1, 0.15) is 0 Å². The van der Waals surface area contributed by atoms with Gasteiger partial charge < -0.3 is 9.64 Å². The highest BCUT2D eigenvalue weighted by Crippen LogP contribution is 2.21. The van der Waals surface area contributed by atoms with Crippen LogP contribution in [0.15, 0.2) is 48.5 Å². The van der Waals surface area contributed by atoms with E-state index in [1.54, 1.807) is 0 Å². The fraction of sp³-hybridized carbons (Fsp3) is 0.429. The van der Waals surface area contributed by atoms with Gasteiger partial charge in [-0.2, -0.15) is 0 Å². The van der Waals surface area contributed by atoms with E-state index in [9.17, 15) is 0 Å². The predicted octanol–water partition coefficient (Wildman–Crippen LogP) is 4.39. The van der Waals surface area contributed by atoms with Crippen molar-refractivity contribution in [3.8, 4) is 0 Å². The summed E-state index contributed by atoms with van der Waals surface area (Å²) < 4.78 is 5.82. The number of hydrogen-bond acceptors (Lipinski definition) is 2. The topological polar surface area (TPSA) is 12.5 Å². The number of nitrogens with zero attached hydrogens (tertiary/aromatic N) is 1. The van der Waals surface area contributed by atoms with Gasteiger partial charge in [-0.1, -0.05) is 42.0 Å². The van der Waals surface area contributed by atoms with Gasteiger partial charge in [0.2, 0.25) is 0 Å². The van der Waals surface area contributed by atoms with Crippen LogP contribution in [0.25, 0.3) is 0 Å². The molecule has 2 aromatic rings. The molecule has 1 fully saturated rings. The fourth-order valence-corrected chi connectivity index (χ4v) is 3.31. The first kappa shape index (κ1) is 16.1. The molecule has 1 aliphatic heterocycles. The quantitative estimate of drug-likeness (QED) is 0.830. The average molecular weight is 309 g/mol. The molecule has 2 aromatic carbocycles. The summed E-state index contributed by atoms with van der Waals surface area (Å²) in [4.78, 5) is 2.43. The molecule has 0 aromatic heterocycles. The number of ether oxygens (including phenoxy) is 1. The summed E-state index contributed by atoms with van der Waals surface area (Å²) in [5, 5.41) is 0. The van der Waals surface area contributed by atoms with Crippen molar-refractivity contribution in [1.82, 2.24) is 0 Å². The second-order valence-electron chi connectivity index (χ2n) is 6.81. The second kappa shape index (κ2) is 7.18. The lowest BCUT2D eigenvalue weighted by Crippen LogP contribution is -2.45. The summed E-state index contributed by atoms with van der Waals surface area (Å²) in [7, 11) is 0. The number of rotatable bonds is 4. The summed E-state index contributed by atoms with van der Waals surface area (Å²) in [6.07, 6.45) is 2.81. The van der Waals surface area contributed by atoms with Gasteiger partial charge in [0, 0.05) is 18.8 Å². The van der Waals surface area contributed by atoms with Gasteiger partial charge in [0.25, 0.3) is 0 Å². The van der Waals surface area contributed by atoms with Crippen molar-refractivity contribution in [2.75, 3.05) is 18.0 Å². The number of morpholine rings is 1. The van der Waals surface area contributed by atoms with E-state index in [1.165, 1.54) is 22.4 Å². The normalized spacial score (nSPS) is 21.4. The zero-order valence-corrected chi connectivity index (χ0v) is 14.5. The third kappa shape index (κ3) is 4.35. The van der Waals surface area contributed by atoms with Crippen LogP contribution in [0.3, 0.4) is 0 Å². The minimum Gasteiger partial charge on any atom is -0.372 e. The second-order valence-corrected chi connectivity index (χ2v) is 6.81. The fourth-order valence-electron chi connectivity index (χ4n) is 3.31. The highest BCUT2D eigenvalue weighted by molar-refractivity contribution is 5.48. The Morgan fingerprint density at radius 2 is 1.30 bits per heavy atom. The van der Waals surface area contributed by atoms with Crippen molar-refractivity contribution in [3.63, 3.8) is 0 Å². The Labute approximate surface area is 140 Å². The smallest absolute Gasteiger partial charge is 0.0726 e. The molecule has 3 rings (SSSR count). The molecular formula is C21H27NO. The molecular weight excluding hydrogens is 282 g/mol. The molecule has 0 radical (unpaired) electrons. The molecule has 2 nitrogen and oxygen atoms in total. The summed E-state index contributed by atoms with van der Waals surface area (Å²) in [6, 6.07) is 17.9. The molecule has 2 heteroatoms. The van der Waals surface area contributed by atoms with Crippen molar-refractivity contribution < 1.29 is 4.74 Å². The molecule has 122 valence electrons. The maximum absolute atomic E-state index is 5.82. The summed E-state index contributed by atoms with van der Waals surface area (Å²) >= 11 is 0. The Kier molecular flexibility index (Phi) is 5.02. The molecule has 0 amide bonds. The van der Waals surface area contributed by atoms with E-state index < -0.39 is 0 Å². The van der Waals surface area contributed by atoms with Crippen molar-refractivity contribution in [2.45, 2.75) is 45.8 Å². The van der Waals surface area contributed by atoms with Crippen molar-refractivity contribution in [1.29, 1.82) is 0 Å². The van der Waals surface area contributed by atoms with Crippen LogP contribution in [0.4, 0.5) is 5.69 Å². The van der Waals surface area contributed by atoms with Crippen LogP contribution < -0.4 is 4.90 Å². The summed E-state index contributed by atoms with van der Waals surface area (Å²) in [6.45, 7) is 8.40. The Balaban J connectivity index is 1.59. The van der Waals surface area contributed by atoms with Gasteiger partial charge in [-0.05, 0) is 56.9 Å². The lowest BCUT2D eigenvalue weighted by atomic mass is 10.0. The first-order valence-corrected chi connectivity index (χ1v) is 8.65. The maximum Gasteiger partial charge on any atom is 0.0726 e. The van der Waals surface area contributed by atoms with Crippen LogP contribution in [0.1, 0.15) is 30.5 Å². The van der Waals surface area contributed by atoms with Gasteiger partial charge >= 0.3 is 0 Å². The van der Waals surface area contributed by atoms with Crippen LogP contribution >= 0.6 is 0 Å². The highest BCUT2D eigenvalue weighted by atomic mass is 16.5. The molecule has 0 saturated carbocycles. The molecule has 2 atom stereocenters. The van der Waals surface area contributed by atoms with E-state index in [-0.39, 0.29) is 0 Å². The molecule has 0 N–H and O–H groups in total. The Hall–Kier alpha value is -1.80. The van der Waals surface area contributed by atoms with Crippen LogP contribution in [-0.4, -0.2) is 25.3 Å². The average Bonchev–Trinajstić information content (AvgIpc) is 2.54. The lowest BCUT2D eigenvalue weighted by Gasteiger charge is -2.36. The minimum absolute atomic E-state index is 0.306. The van der Waals surface area contributed by atoms with Gasteiger partial charge in [0.05, 0.1) is 12.2 Å². The van der Waals surface area contributed by atoms with E-state index in [4.69, 9.17) is 4.74 Å². The third-order valence-electron chi connectivity index (χ3n) is 4.54. The van der Waals surface area contributed by atoms with Crippen LogP contribution in [0, 0.1) is 6.92 Å². The van der Waals surface area contributed by atoms with Gasteiger partial charge in [-0.15, -0.1) is 0 Å². The van der Waals surface area contributed by atoms with E-state index in [0.717, 1.165) is 25.9 Å². The van der Waals surface area contributed by atoms with E-state index in [2.05, 4.69) is 74.2 Å². The SMILES string of the molecule is Cc1ccc(CCc2ccc(N3C[C@@H](C)O[C@@H](C)C3)cc2)cc1. The van der Waals surface area contributed by atoms with Crippen LogP contribution in [0.2, 0.25) is 0 Å². The summed E-state index contributed by atoms with van der Waals surface area (Å²) in [5.41, 5.74) is 5.46. The minimum atomic E-state index is 0.306. The van der Waals surface area contributed by atoms with E-state index >= 15 is 0 Å². The van der Waals surface area contributed by atoms with Crippen molar-refractivity contribution in [3.05, 3.63) is 65.2 Å². The number of hydrogen-bond donors (Lipinski definition) is 0. The van der Waals surface area contributed by atoms with Gasteiger partial charge in [0.15, 0.2) is 0 Å². The Morgan fingerprint density at radius 3 is 1.83 bits per heavy atom. The zero-order valence-electron chi connectivity index (χ0n) is 14.5. The Bertz CT molecular complexity index is 607. The van der Waals surface area contributed by atoms with Crippen molar-refractivity contribution >= 4 is 5.69 Å². The number of aryl methyl sites for hydroxylation is 3. The largest absolute Gasteiger partial charge is 0.372 e. The predicted molar refractivity (Wildman–Crippen MR) is 97.3 cm³/mol. The monoisotopic (exact) mass is 309 g/mol. The molecule has 0 bridgehead atoms. The maximum atomic E-state index is 5.82. The first-order chi connectivity index (χ1) is 11.1. The number of benzene rings is 2.